The monoisotopic (exact) mass is 504 g/mol. The zero-order valence-corrected chi connectivity index (χ0v) is 19.0. The fourth-order valence-corrected chi connectivity index (χ4v) is 5.48. The molecule has 0 saturated carbocycles. The topological polar surface area (TPSA) is 185 Å². The molecule has 0 radical (unpaired) electrons. The lowest BCUT2D eigenvalue weighted by Crippen LogP contribution is -2.46. The average molecular weight is 505 g/mol. The molecule has 4 N–H and O–H groups in total. The summed E-state index contributed by atoms with van der Waals surface area (Å²) in [6.45, 7) is -0.119. The normalized spacial score (nSPS) is 19.2. The van der Waals surface area contributed by atoms with E-state index in [-0.39, 0.29) is 46.7 Å². The number of hydrazine groups is 1. The first-order valence-corrected chi connectivity index (χ1v) is 12.2. The van der Waals surface area contributed by atoms with Gasteiger partial charge in [-0.2, -0.15) is 0 Å². The van der Waals surface area contributed by atoms with Crippen LogP contribution >= 0.6 is 11.3 Å². The summed E-state index contributed by atoms with van der Waals surface area (Å²) in [5.74, 6) is -3.55. The zero-order chi connectivity index (χ0) is 24.3. The molecule has 2 amide bonds. The quantitative estimate of drug-likeness (QED) is 0.205. The highest BCUT2D eigenvalue weighted by atomic mass is 32.2. The van der Waals surface area contributed by atoms with E-state index in [1.165, 1.54) is 10.4 Å². The maximum Gasteiger partial charge on any atom is 0.355 e. The number of oxime groups is 1. The highest BCUT2D eigenvalue weighted by Crippen LogP contribution is 2.32. The number of carboxylic acid groups (broad SMARTS) is 1. The Balaban J connectivity index is 1.84. The summed E-state index contributed by atoms with van der Waals surface area (Å²) in [6, 6.07) is -1.20. The van der Waals surface area contributed by atoms with E-state index in [4.69, 9.17) is 10.6 Å². The highest BCUT2D eigenvalue weighted by molar-refractivity contribution is 7.95. The number of carboxylic acids is 1. The molecule has 3 rings (SSSR count). The van der Waals surface area contributed by atoms with Crippen LogP contribution in [0.15, 0.2) is 21.1 Å². The fraction of sp³-hybridized carbons (Fsp3) is 0.471. The van der Waals surface area contributed by atoms with E-state index < -0.39 is 52.6 Å². The standard InChI is InChI=1S/C17H21FN6O7S2/c1-2-5-33(29,30)11-7-23-6-9(15(26)24(23)13(11)16(27)28)20-14(25)12(22-31-4-3-18)10-8-32-17(19)21-10/h8-9H,2-7H2,1H3,(H2,19,21)(H,20,25)(H,27,28)/b22-12+/t9-/m0/s1. The molecule has 33 heavy (non-hydrogen) atoms. The predicted octanol–water partition coefficient (Wildman–Crippen LogP) is -0.906. The molecule has 16 heteroatoms. The highest BCUT2D eigenvalue weighted by Gasteiger charge is 2.50. The van der Waals surface area contributed by atoms with Crippen molar-refractivity contribution >= 4 is 49.8 Å². The number of nitrogens with two attached hydrogens (primary N) is 1. The van der Waals surface area contributed by atoms with Gasteiger partial charge in [-0.1, -0.05) is 12.1 Å². The second kappa shape index (κ2) is 9.80. The number of alkyl halides is 1. The Labute approximate surface area is 191 Å². The van der Waals surface area contributed by atoms with Gasteiger partial charge in [-0.3, -0.25) is 9.59 Å². The van der Waals surface area contributed by atoms with Crippen molar-refractivity contribution in [2.24, 2.45) is 5.16 Å². The van der Waals surface area contributed by atoms with Gasteiger partial charge in [-0.05, 0) is 6.42 Å². The lowest BCUT2D eigenvalue weighted by molar-refractivity contribution is -0.143. The van der Waals surface area contributed by atoms with Crippen LogP contribution in [0.5, 0.6) is 0 Å². The van der Waals surface area contributed by atoms with Gasteiger partial charge < -0.3 is 21.0 Å². The fourth-order valence-electron chi connectivity index (χ4n) is 3.33. The van der Waals surface area contributed by atoms with Crippen molar-refractivity contribution in [3.63, 3.8) is 0 Å². The van der Waals surface area contributed by atoms with E-state index in [1.807, 2.05) is 0 Å². The number of thiazole rings is 1. The molecule has 1 saturated heterocycles. The minimum absolute atomic E-state index is 0.0409. The van der Waals surface area contributed by atoms with Gasteiger partial charge >= 0.3 is 5.97 Å². The number of amides is 2. The minimum Gasteiger partial charge on any atom is -0.476 e. The Morgan fingerprint density at radius 2 is 2.21 bits per heavy atom. The second-order valence-corrected chi connectivity index (χ2v) is 9.97. The molecular weight excluding hydrogens is 483 g/mol. The summed E-state index contributed by atoms with van der Waals surface area (Å²) in [5, 5.41) is 19.1. The van der Waals surface area contributed by atoms with Crippen LogP contribution in [0.1, 0.15) is 19.0 Å². The van der Waals surface area contributed by atoms with Crippen LogP contribution in [0, 0.1) is 0 Å². The zero-order valence-electron chi connectivity index (χ0n) is 17.4. The van der Waals surface area contributed by atoms with Crippen LogP contribution in [0.4, 0.5) is 9.52 Å². The van der Waals surface area contributed by atoms with Crippen molar-refractivity contribution in [3.05, 3.63) is 21.7 Å². The number of nitrogens with one attached hydrogen (secondary N) is 1. The summed E-state index contributed by atoms with van der Waals surface area (Å²) in [4.78, 5) is 45.8. The van der Waals surface area contributed by atoms with E-state index in [9.17, 15) is 32.3 Å². The molecule has 1 fully saturated rings. The Morgan fingerprint density at radius 1 is 1.48 bits per heavy atom. The molecule has 1 atom stereocenters. The molecule has 180 valence electrons. The van der Waals surface area contributed by atoms with E-state index in [0.29, 0.717) is 0 Å². The maximum atomic E-state index is 12.9. The molecule has 3 heterocycles. The van der Waals surface area contributed by atoms with Gasteiger partial charge in [-0.15, -0.1) is 11.3 Å². The molecule has 2 aliphatic heterocycles. The van der Waals surface area contributed by atoms with Gasteiger partial charge in [0.05, 0.1) is 17.2 Å². The van der Waals surface area contributed by atoms with Crippen LogP contribution in [0.2, 0.25) is 0 Å². The molecule has 13 nitrogen and oxygen atoms in total. The third-order valence-corrected chi connectivity index (χ3v) is 7.34. The Kier molecular flexibility index (Phi) is 7.28. The van der Waals surface area contributed by atoms with E-state index >= 15 is 0 Å². The van der Waals surface area contributed by atoms with Crippen LogP contribution < -0.4 is 11.1 Å². The van der Waals surface area contributed by atoms with Crippen LogP contribution in [-0.2, 0) is 29.1 Å². The predicted molar refractivity (Wildman–Crippen MR) is 114 cm³/mol. The number of carbonyl (C=O) groups is 3. The van der Waals surface area contributed by atoms with Crippen LogP contribution in [0.3, 0.4) is 0 Å². The molecule has 1 aromatic heterocycles. The molecule has 0 aliphatic carbocycles. The SMILES string of the molecule is CCCS(=O)(=O)C1=C(C(=O)O)N2C(=O)[C@@H](NC(=O)/C(=N/OCCF)c3csc(N)n3)CN2C1. The first kappa shape index (κ1) is 24.5. The third kappa shape index (κ3) is 4.96. The summed E-state index contributed by atoms with van der Waals surface area (Å²) in [5.41, 5.74) is 4.61. The van der Waals surface area contributed by atoms with Crippen LogP contribution in [-0.4, -0.2) is 90.2 Å². The second-order valence-electron chi connectivity index (χ2n) is 6.95. The summed E-state index contributed by atoms with van der Waals surface area (Å²) in [7, 11) is -3.88. The smallest absolute Gasteiger partial charge is 0.355 e. The summed E-state index contributed by atoms with van der Waals surface area (Å²) >= 11 is 1.02. The number of aromatic nitrogens is 1. The first-order chi connectivity index (χ1) is 15.6. The number of sulfone groups is 1. The van der Waals surface area contributed by atoms with Gasteiger partial charge in [0.2, 0.25) is 0 Å². The van der Waals surface area contributed by atoms with Crippen molar-refractivity contribution in [2.45, 2.75) is 19.4 Å². The molecule has 0 unspecified atom stereocenters. The van der Waals surface area contributed by atoms with E-state index in [1.54, 1.807) is 6.92 Å². The molecule has 1 aromatic rings. The number of carbonyl (C=O) groups excluding carboxylic acids is 2. The Morgan fingerprint density at radius 3 is 2.79 bits per heavy atom. The van der Waals surface area contributed by atoms with Crippen molar-refractivity contribution in [1.29, 1.82) is 0 Å². The molecule has 0 aromatic carbocycles. The van der Waals surface area contributed by atoms with E-state index in [0.717, 1.165) is 16.3 Å². The Bertz CT molecular complexity index is 1130. The number of fused-ring (bicyclic) bond motifs is 1. The molecule has 0 bridgehead atoms. The van der Waals surface area contributed by atoms with Gasteiger partial charge in [-0.25, -0.2) is 32.6 Å². The van der Waals surface area contributed by atoms with Crippen molar-refractivity contribution in [3.8, 4) is 0 Å². The lowest BCUT2D eigenvalue weighted by atomic mass is 10.2. The summed E-state index contributed by atoms with van der Waals surface area (Å²) in [6.07, 6.45) is 0.277. The molecular formula is C17H21FN6O7S2. The van der Waals surface area contributed by atoms with Gasteiger partial charge in [0.15, 0.2) is 26.4 Å². The van der Waals surface area contributed by atoms with Crippen molar-refractivity contribution in [2.75, 3.05) is 37.9 Å². The van der Waals surface area contributed by atoms with Gasteiger partial charge in [0.1, 0.15) is 25.0 Å². The van der Waals surface area contributed by atoms with Gasteiger partial charge in [0, 0.05) is 11.9 Å². The third-order valence-electron chi connectivity index (χ3n) is 4.65. The number of hydrogen-bond donors (Lipinski definition) is 3. The minimum atomic E-state index is -3.88. The average Bonchev–Trinajstić information content (AvgIpc) is 3.41. The number of aliphatic carboxylic acids is 1. The van der Waals surface area contributed by atoms with Crippen molar-refractivity contribution < 1.29 is 37.1 Å². The number of halogens is 1. The lowest BCUT2D eigenvalue weighted by Gasteiger charge is -2.18. The number of nitrogens with zero attached hydrogens (tertiary/aromatic N) is 4. The van der Waals surface area contributed by atoms with E-state index in [2.05, 4.69) is 15.5 Å². The molecule has 2 aliphatic rings. The van der Waals surface area contributed by atoms with Gasteiger partial charge in [0.25, 0.3) is 11.8 Å². The largest absolute Gasteiger partial charge is 0.476 e. The maximum absolute atomic E-state index is 12.9. The number of nitrogen functional groups attached to an aromatic ring is 1. The Hall–Kier alpha value is -3.11. The van der Waals surface area contributed by atoms with Crippen molar-refractivity contribution in [1.82, 2.24) is 20.3 Å². The number of anilines is 1. The molecule has 0 spiro atoms. The first-order valence-electron chi connectivity index (χ1n) is 9.66. The number of hydrogen-bond acceptors (Lipinski definition) is 11. The number of rotatable bonds is 10. The summed E-state index contributed by atoms with van der Waals surface area (Å²) < 4.78 is 37.3. The van der Waals surface area contributed by atoms with Crippen LogP contribution in [0.25, 0.3) is 0 Å².